The summed E-state index contributed by atoms with van der Waals surface area (Å²) in [5, 5.41) is 73.0. The molecule has 19 N–H and O–H groups in total. The largest absolute Gasteiger partial charge is 0.394 e. The smallest absolute Gasteiger partial charge is 0.187 e. The highest BCUT2D eigenvalue weighted by atomic mass is 16.8. The Bertz CT molecular complexity index is 868. The molecule has 19 atom stereocenters. The summed E-state index contributed by atoms with van der Waals surface area (Å²) >= 11 is 0. The van der Waals surface area contributed by atoms with Crippen LogP contribution in [0.5, 0.6) is 0 Å². The molecule has 0 aromatic rings. The summed E-state index contributed by atoms with van der Waals surface area (Å²) in [6.07, 6.45) is -19.8. The first kappa shape index (κ1) is 34.1. The number of rotatable bonds is 9. The Balaban J connectivity index is 1.50. The van der Waals surface area contributed by atoms with Gasteiger partial charge in [-0.05, 0) is 6.42 Å². The van der Waals surface area contributed by atoms with E-state index in [4.69, 9.17) is 62.8 Å². The van der Waals surface area contributed by atoms with Gasteiger partial charge in [-0.1, -0.05) is 0 Å². The lowest BCUT2D eigenvalue weighted by Crippen LogP contribution is -2.68. The van der Waals surface area contributed by atoms with Gasteiger partial charge in [0.25, 0.3) is 0 Å². The van der Waals surface area contributed by atoms with Crippen LogP contribution in [0, 0.1) is 0 Å². The van der Waals surface area contributed by atoms with Gasteiger partial charge in [-0.15, -0.1) is 0 Å². The quantitative estimate of drug-likeness (QED) is 0.115. The first-order valence-electron chi connectivity index (χ1n) is 13.9. The minimum atomic E-state index is -1.60. The zero-order valence-corrected chi connectivity index (χ0v) is 22.8. The molecule has 0 spiro atoms. The lowest BCUT2D eigenvalue weighted by molar-refractivity contribution is -0.306. The highest BCUT2D eigenvalue weighted by molar-refractivity contribution is 5.02. The number of ether oxygens (including phenoxy) is 6. The fraction of sp³-hybridized carbons (Fsp3) is 1.00. The highest BCUT2D eigenvalue weighted by Crippen LogP contribution is 2.34. The molecule has 1 aliphatic carbocycles. The summed E-state index contributed by atoms with van der Waals surface area (Å²) in [5.74, 6) is 0. The summed E-state index contributed by atoms with van der Waals surface area (Å²) in [7, 11) is 0. The first-order chi connectivity index (χ1) is 19.8. The third kappa shape index (κ3) is 6.60. The van der Waals surface area contributed by atoms with Crippen LogP contribution in [0.3, 0.4) is 0 Å². The van der Waals surface area contributed by atoms with Crippen molar-refractivity contribution in [2.75, 3.05) is 19.7 Å². The van der Waals surface area contributed by atoms with Crippen molar-refractivity contribution in [1.29, 1.82) is 0 Å². The van der Waals surface area contributed by atoms with Crippen LogP contribution in [-0.4, -0.2) is 172 Å². The highest BCUT2D eigenvalue weighted by Gasteiger charge is 2.54. The zero-order valence-electron chi connectivity index (χ0n) is 22.8. The van der Waals surface area contributed by atoms with Crippen molar-refractivity contribution in [3.63, 3.8) is 0 Å². The van der Waals surface area contributed by atoms with Gasteiger partial charge in [0, 0.05) is 25.2 Å². The molecule has 0 radical (unpaired) electrons. The molecule has 0 aromatic heterocycles. The van der Waals surface area contributed by atoms with Gasteiger partial charge in [-0.2, -0.15) is 0 Å². The summed E-state index contributed by atoms with van der Waals surface area (Å²) in [6, 6.07) is -4.18. The monoisotopic (exact) mass is 614 g/mol. The molecule has 19 heteroatoms. The van der Waals surface area contributed by atoms with Crippen molar-refractivity contribution in [1.82, 2.24) is 0 Å². The fourth-order valence-corrected chi connectivity index (χ4v) is 5.74. The molecule has 42 heavy (non-hydrogen) atoms. The molecular weight excluding hydrogens is 568 g/mol. The molecule has 3 heterocycles. The second-order valence-electron chi connectivity index (χ2n) is 11.2. The maximum atomic E-state index is 11.1. The van der Waals surface area contributed by atoms with Crippen molar-refractivity contribution in [2.24, 2.45) is 34.4 Å². The number of aliphatic hydroxyl groups is 7. The first-order valence-corrected chi connectivity index (χ1v) is 13.9. The van der Waals surface area contributed by atoms with E-state index in [2.05, 4.69) is 0 Å². The van der Waals surface area contributed by atoms with Gasteiger partial charge < -0.3 is 98.6 Å². The summed E-state index contributed by atoms with van der Waals surface area (Å²) in [5.41, 5.74) is 35.6. The van der Waals surface area contributed by atoms with E-state index in [0.29, 0.717) is 0 Å². The van der Waals surface area contributed by atoms with Gasteiger partial charge in [0.2, 0.25) is 0 Å². The van der Waals surface area contributed by atoms with Crippen LogP contribution >= 0.6 is 0 Å². The predicted octanol–water partition coefficient (Wildman–Crippen LogP) is -8.90. The van der Waals surface area contributed by atoms with Gasteiger partial charge in [0.05, 0.1) is 24.8 Å². The number of nitrogens with two attached hydrogens (primary N) is 6. The molecule has 4 fully saturated rings. The van der Waals surface area contributed by atoms with E-state index in [1.54, 1.807) is 0 Å². The third-order valence-electron chi connectivity index (χ3n) is 8.37. The Morgan fingerprint density at radius 3 is 1.45 bits per heavy atom. The van der Waals surface area contributed by atoms with E-state index >= 15 is 0 Å². The van der Waals surface area contributed by atoms with Gasteiger partial charge in [-0.25, -0.2) is 0 Å². The van der Waals surface area contributed by atoms with Crippen molar-refractivity contribution >= 4 is 0 Å². The van der Waals surface area contributed by atoms with Crippen LogP contribution in [0.2, 0.25) is 0 Å². The van der Waals surface area contributed by atoms with Crippen molar-refractivity contribution in [2.45, 2.75) is 123 Å². The van der Waals surface area contributed by atoms with Crippen molar-refractivity contribution in [3.05, 3.63) is 0 Å². The molecule has 0 unspecified atom stereocenters. The normalized spacial score (nSPS) is 53.8. The average molecular weight is 615 g/mol. The van der Waals surface area contributed by atoms with Crippen LogP contribution in [0.4, 0.5) is 0 Å². The van der Waals surface area contributed by atoms with Gasteiger partial charge in [0.15, 0.2) is 18.9 Å². The van der Waals surface area contributed by atoms with Crippen LogP contribution in [-0.2, 0) is 28.4 Å². The topological polar surface area (TPSA) is 353 Å². The standard InChI is InChI=1S/C23H46N6O13/c24-2-7-13(32)15(34)10(28)21(37-7)40-18-6(27)1-5(26)12(31)20(18)42-23-17(36)19(9(4-30)39-23)41-22-11(29)16(35)14(33)8(3-25)38-22/h5-23,30-36H,1-4,24-29H2/t5-,6+,7+,8-,9+,10+,11-,12+,13+,14+,15-,16-,17-,18-,19+,20-,21-,22-,23-/m0/s1. The third-order valence-corrected chi connectivity index (χ3v) is 8.37. The van der Waals surface area contributed by atoms with E-state index in [0.717, 1.165) is 0 Å². The lowest BCUT2D eigenvalue weighted by atomic mass is 9.84. The Morgan fingerprint density at radius 1 is 0.524 bits per heavy atom. The molecule has 3 saturated heterocycles. The summed E-state index contributed by atoms with van der Waals surface area (Å²) in [4.78, 5) is 0. The van der Waals surface area contributed by atoms with E-state index in [1.807, 2.05) is 0 Å². The summed E-state index contributed by atoms with van der Waals surface area (Å²) < 4.78 is 34.6. The van der Waals surface area contributed by atoms with Gasteiger partial charge in [-0.3, -0.25) is 0 Å². The van der Waals surface area contributed by atoms with E-state index in [1.165, 1.54) is 0 Å². The number of hydrogen-bond acceptors (Lipinski definition) is 19. The van der Waals surface area contributed by atoms with Crippen LogP contribution in [0.1, 0.15) is 6.42 Å². The van der Waals surface area contributed by atoms with Crippen molar-refractivity contribution < 1.29 is 64.2 Å². The van der Waals surface area contributed by atoms with Crippen LogP contribution < -0.4 is 34.4 Å². The molecule has 19 nitrogen and oxygen atoms in total. The molecule has 4 aliphatic rings. The Labute approximate surface area is 241 Å². The average Bonchev–Trinajstić information content (AvgIpc) is 3.27. The molecule has 0 amide bonds. The van der Waals surface area contributed by atoms with E-state index < -0.39 is 123 Å². The second kappa shape index (κ2) is 14.1. The molecule has 246 valence electrons. The number of hydrogen-bond donors (Lipinski definition) is 13. The van der Waals surface area contributed by atoms with Crippen LogP contribution in [0.15, 0.2) is 0 Å². The van der Waals surface area contributed by atoms with Gasteiger partial charge in [0.1, 0.15) is 67.1 Å². The fourth-order valence-electron chi connectivity index (χ4n) is 5.74. The van der Waals surface area contributed by atoms with Crippen LogP contribution in [0.25, 0.3) is 0 Å². The molecular formula is C23H46N6O13. The Kier molecular flexibility index (Phi) is 11.5. The van der Waals surface area contributed by atoms with Gasteiger partial charge >= 0.3 is 0 Å². The molecule has 0 bridgehead atoms. The maximum Gasteiger partial charge on any atom is 0.187 e. The second-order valence-corrected chi connectivity index (χ2v) is 11.2. The Morgan fingerprint density at radius 2 is 0.976 bits per heavy atom. The molecule has 1 saturated carbocycles. The minimum absolute atomic E-state index is 0.0889. The zero-order chi connectivity index (χ0) is 31.0. The lowest BCUT2D eigenvalue weighted by Gasteiger charge is -2.47. The predicted molar refractivity (Wildman–Crippen MR) is 138 cm³/mol. The SMILES string of the molecule is NC[C@@H]1O[C@@H](O[C@H]2[C@H](O)[C@H](O[C@H]3[C@H](O)[C@@H](N)C[C@@H](N)[C@@H]3O[C@@H]3O[C@H](CN)[C@@H](O)[C@@H](O)[C@H]3N)O[C@@H]2CO)[C@@H](N)[C@H](O)[C@@H]1O. The minimum Gasteiger partial charge on any atom is -0.394 e. The van der Waals surface area contributed by atoms with E-state index in [9.17, 15) is 35.7 Å². The molecule has 4 rings (SSSR count). The summed E-state index contributed by atoms with van der Waals surface area (Å²) in [6.45, 7) is -0.967. The maximum absolute atomic E-state index is 11.1. The molecule has 3 aliphatic heterocycles. The van der Waals surface area contributed by atoms with E-state index in [-0.39, 0.29) is 19.5 Å². The Hall–Kier alpha value is -0.760. The molecule has 0 aromatic carbocycles. The number of aliphatic hydroxyl groups excluding tert-OH is 7. The van der Waals surface area contributed by atoms with Crippen molar-refractivity contribution in [3.8, 4) is 0 Å².